The number of carbonyl (C=O) groups is 4. The molecule has 0 radical (unpaired) electrons. The van der Waals surface area contributed by atoms with Gasteiger partial charge in [-0.15, -0.1) is 0 Å². The standard InChI is InChI=1S/C82H160O17P2/c1-8-10-11-12-13-14-15-16-17-18-19-20-21-26-32-37-42-51-58-65-81(86)98-77(69-92-79(84)63-56-49-41-36-31-25-23-22-24-29-34-39-46-53-60-73(3)4)71-96-100(88,89)94-67-76(83)68-95-101(90,91)97-72-78(70-93-80(85)64-57-50-45-44-48-55-62-75(7)9-2)99-82(87)66-59-52-43-38-33-28-27-30-35-40-47-54-61-74(5)6/h73-78,83H,8-72H2,1-7H3,(H,88,89)(H,90,91)/t75?,76-,77-,78-/m1/s1. The lowest BCUT2D eigenvalue weighted by atomic mass is 10.00. The zero-order valence-electron chi connectivity index (χ0n) is 66.4. The van der Waals surface area contributed by atoms with E-state index in [4.69, 9.17) is 37.0 Å². The summed E-state index contributed by atoms with van der Waals surface area (Å²) in [5, 5.41) is 10.6. The predicted molar refractivity (Wildman–Crippen MR) is 414 cm³/mol. The van der Waals surface area contributed by atoms with Gasteiger partial charge < -0.3 is 33.8 Å². The molecule has 0 spiro atoms. The zero-order chi connectivity index (χ0) is 74.4. The van der Waals surface area contributed by atoms with Crippen molar-refractivity contribution in [2.24, 2.45) is 17.8 Å². The number of phosphoric acid groups is 2. The lowest BCUT2D eigenvalue weighted by molar-refractivity contribution is -0.161. The molecule has 0 aliphatic heterocycles. The van der Waals surface area contributed by atoms with Crippen molar-refractivity contribution in [2.45, 2.75) is 446 Å². The van der Waals surface area contributed by atoms with Gasteiger partial charge in [-0.25, -0.2) is 9.13 Å². The highest BCUT2D eigenvalue weighted by molar-refractivity contribution is 7.47. The summed E-state index contributed by atoms with van der Waals surface area (Å²) in [7, 11) is -9.92. The molecule has 17 nitrogen and oxygen atoms in total. The third-order valence-electron chi connectivity index (χ3n) is 19.5. The van der Waals surface area contributed by atoms with Crippen LogP contribution < -0.4 is 0 Å². The van der Waals surface area contributed by atoms with E-state index in [0.717, 1.165) is 114 Å². The second kappa shape index (κ2) is 72.3. The minimum absolute atomic E-state index is 0.106. The highest BCUT2D eigenvalue weighted by Crippen LogP contribution is 2.45. The van der Waals surface area contributed by atoms with E-state index in [1.165, 1.54) is 231 Å². The number of ether oxygens (including phenoxy) is 4. The van der Waals surface area contributed by atoms with Crippen LogP contribution in [-0.2, 0) is 65.4 Å². The predicted octanol–water partition coefficient (Wildman–Crippen LogP) is 24.5. The van der Waals surface area contributed by atoms with Crippen LogP contribution in [0, 0.1) is 17.8 Å². The van der Waals surface area contributed by atoms with Crippen LogP contribution >= 0.6 is 15.6 Å². The van der Waals surface area contributed by atoms with Crippen LogP contribution in [0.3, 0.4) is 0 Å². The molecule has 0 heterocycles. The van der Waals surface area contributed by atoms with Crippen molar-refractivity contribution in [2.75, 3.05) is 39.6 Å². The summed E-state index contributed by atoms with van der Waals surface area (Å²) < 4.78 is 68.8. The molecular weight excluding hydrogens is 1320 g/mol. The highest BCUT2D eigenvalue weighted by atomic mass is 31.2. The van der Waals surface area contributed by atoms with Crippen LogP contribution in [0.4, 0.5) is 0 Å². The van der Waals surface area contributed by atoms with Crippen molar-refractivity contribution in [3.63, 3.8) is 0 Å². The van der Waals surface area contributed by atoms with E-state index in [-0.39, 0.29) is 25.7 Å². The van der Waals surface area contributed by atoms with Gasteiger partial charge in [-0.1, -0.05) is 376 Å². The minimum atomic E-state index is -4.96. The molecule has 0 aliphatic rings. The molecule has 0 rings (SSSR count). The van der Waals surface area contributed by atoms with Gasteiger partial charge >= 0.3 is 39.5 Å². The van der Waals surface area contributed by atoms with Crippen LogP contribution in [0.1, 0.15) is 427 Å². The molecule has 0 saturated heterocycles. The molecule has 0 amide bonds. The first-order valence-electron chi connectivity index (χ1n) is 42.4. The molecule has 0 bridgehead atoms. The topological polar surface area (TPSA) is 237 Å². The first kappa shape index (κ1) is 99.1. The van der Waals surface area contributed by atoms with Crippen molar-refractivity contribution < 1.29 is 80.2 Å². The van der Waals surface area contributed by atoms with Crippen LogP contribution in [0.25, 0.3) is 0 Å². The SMILES string of the molecule is CCCCCCCCCCCCCCCCCCCCCC(=O)O[C@H](COC(=O)CCCCCCCCCCCCCCCCC(C)C)COP(=O)(O)OC[C@@H](O)COP(=O)(O)OC[C@@H](COC(=O)CCCCCCCCC(C)CC)OC(=O)CCCCCCCCCCCCCCC(C)C. The monoisotopic (exact) mass is 1480 g/mol. The van der Waals surface area contributed by atoms with Gasteiger partial charge in [-0.05, 0) is 43.4 Å². The van der Waals surface area contributed by atoms with Crippen molar-refractivity contribution in [3.8, 4) is 0 Å². The summed E-state index contributed by atoms with van der Waals surface area (Å²) in [6, 6.07) is 0. The van der Waals surface area contributed by atoms with Gasteiger partial charge in [-0.3, -0.25) is 37.3 Å². The fourth-order valence-electron chi connectivity index (χ4n) is 12.6. The molecule has 0 saturated carbocycles. The van der Waals surface area contributed by atoms with Crippen molar-refractivity contribution in [3.05, 3.63) is 0 Å². The van der Waals surface area contributed by atoms with Crippen molar-refractivity contribution >= 4 is 39.5 Å². The normalized spacial score (nSPS) is 14.2. The average molecular weight is 1480 g/mol. The van der Waals surface area contributed by atoms with Crippen molar-refractivity contribution in [1.29, 1.82) is 0 Å². The largest absolute Gasteiger partial charge is 0.472 e. The second-order valence-corrected chi connectivity index (χ2v) is 33.6. The van der Waals surface area contributed by atoms with E-state index in [1.807, 2.05) is 0 Å². The van der Waals surface area contributed by atoms with Gasteiger partial charge in [0.05, 0.1) is 26.4 Å². The Kier molecular flexibility index (Phi) is 70.9. The summed E-state index contributed by atoms with van der Waals surface area (Å²) in [5.74, 6) is 0.196. The number of aliphatic hydroxyl groups is 1. The van der Waals surface area contributed by atoms with Crippen LogP contribution in [0.2, 0.25) is 0 Å². The van der Waals surface area contributed by atoms with E-state index < -0.39 is 97.5 Å². The Labute approximate surface area is 619 Å². The molecule has 0 fully saturated rings. The van der Waals surface area contributed by atoms with Crippen LogP contribution in [0.15, 0.2) is 0 Å². The molecule has 0 aromatic carbocycles. The maximum atomic E-state index is 13.1. The average Bonchev–Trinajstić information content (AvgIpc) is 0.917. The van der Waals surface area contributed by atoms with Gasteiger partial charge in [0.15, 0.2) is 12.2 Å². The highest BCUT2D eigenvalue weighted by Gasteiger charge is 2.30. The fraction of sp³-hybridized carbons (Fsp3) is 0.951. The second-order valence-electron chi connectivity index (χ2n) is 30.7. The molecule has 19 heteroatoms. The van der Waals surface area contributed by atoms with Crippen LogP contribution in [-0.4, -0.2) is 96.7 Å². The zero-order valence-corrected chi connectivity index (χ0v) is 68.2. The molecular formula is C82H160O17P2. The Morgan fingerprint density at radius 2 is 0.505 bits per heavy atom. The van der Waals surface area contributed by atoms with Gasteiger partial charge in [-0.2, -0.15) is 0 Å². The number of carbonyl (C=O) groups excluding carboxylic acids is 4. The number of hydrogen-bond donors (Lipinski definition) is 3. The van der Waals surface area contributed by atoms with E-state index in [2.05, 4.69) is 48.5 Å². The Balaban J connectivity index is 5.25. The van der Waals surface area contributed by atoms with E-state index in [9.17, 15) is 43.2 Å². The first-order chi connectivity index (χ1) is 48.8. The molecule has 0 aromatic heterocycles. The van der Waals surface area contributed by atoms with Crippen LogP contribution in [0.5, 0.6) is 0 Å². The van der Waals surface area contributed by atoms with E-state index in [1.54, 1.807) is 0 Å². The fourth-order valence-corrected chi connectivity index (χ4v) is 14.2. The Morgan fingerprint density at radius 1 is 0.287 bits per heavy atom. The molecule has 600 valence electrons. The summed E-state index contributed by atoms with van der Waals surface area (Å²) in [6.07, 6.45) is 61.1. The third kappa shape index (κ3) is 74.7. The summed E-state index contributed by atoms with van der Waals surface area (Å²) in [4.78, 5) is 73.1. The molecule has 0 aromatic rings. The lowest BCUT2D eigenvalue weighted by Gasteiger charge is -2.21. The maximum absolute atomic E-state index is 13.1. The van der Waals surface area contributed by atoms with Gasteiger partial charge in [0.1, 0.15) is 19.3 Å². The maximum Gasteiger partial charge on any atom is 0.472 e. The van der Waals surface area contributed by atoms with Crippen molar-refractivity contribution in [1.82, 2.24) is 0 Å². The molecule has 6 atom stereocenters. The summed E-state index contributed by atoms with van der Waals surface area (Å²) in [6.45, 7) is 11.9. The molecule has 101 heavy (non-hydrogen) atoms. The lowest BCUT2D eigenvalue weighted by Crippen LogP contribution is -2.30. The number of rotatable bonds is 80. The van der Waals surface area contributed by atoms with Gasteiger partial charge in [0.25, 0.3) is 0 Å². The minimum Gasteiger partial charge on any atom is -0.462 e. The first-order valence-corrected chi connectivity index (χ1v) is 45.4. The van der Waals surface area contributed by atoms with E-state index in [0.29, 0.717) is 25.7 Å². The summed E-state index contributed by atoms with van der Waals surface area (Å²) in [5.41, 5.74) is 0. The number of hydrogen-bond acceptors (Lipinski definition) is 15. The molecule has 3 N–H and O–H groups in total. The number of aliphatic hydroxyl groups excluding tert-OH is 1. The smallest absolute Gasteiger partial charge is 0.462 e. The number of unbranched alkanes of at least 4 members (excludes halogenated alkanes) is 47. The number of phosphoric ester groups is 2. The number of esters is 4. The Bertz CT molecular complexity index is 1960. The van der Waals surface area contributed by atoms with Gasteiger partial charge in [0, 0.05) is 25.7 Å². The van der Waals surface area contributed by atoms with Gasteiger partial charge in [0.2, 0.25) is 0 Å². The van der Waals surface area contributed by atoms with E-state index >= 15 is 0 Å². The molecule has 0 aliphatic carbocycles. The Hall–Kier alpha value is -1.94. The summed E-state index contributed by atoms with van der Waals surface area (Å²) >= 11 is 0. The Morgan fingerprint density at radius 3 is 0.752 bits per heavy atom. The molecule has 3 unspecified atom stereocenters. The third-order valence-corrected chi connectivity index (χ3v) is 21.4. The quantitative estimate of drug-likeness (QED) is 0.0222.